The summed E-state index contributed by atoms with van der Waals surface area (Å²) in [5, 5.41) is 2.64. The lowest BCUT2D eigenvalue weighted by atomic mass is 10.2. The van der Waals surface area contributed by atoms with E-state index < -0.39 is 6.09 Å². The lowest BCUT2D eigenvalue weighted by Gasteiger charge is -2.13. The smallest absolute Gasteiger partial charge is 0.407 e. The van der Waals surface area contributed by atoms with E-state index in [1.807, 2.05) is 30.3 Å². The predicted molar refractivity (Wildman–Crippen MR) is 200 cm³/mol. The zero-order valence-corrected chi connectivity index (χ0v) is 32.6. The fraction of sp³-hybridized carbons (Fsp3) is 0.711. The minimum Gasteiger partial charge on any atom is -0.445 e. The van der Waals surface area contributed by atoms with Crippen LogP contribution >= 0.6 is 0 Å². The van der Waals surface area contributed by atoms with Gasteiger partial charge in [0, 0.05) is 18.7 Å². The van der Waals surface area contributed by atoms with E-state index in [9.17, 15) is 14.4 Å². The van der Waals surface area contributed by atoms with Crippen molar-refractivity contribution in [2.24, 2.45) is 0 Å². The molecule has 1 aromatic rings. The summed E-state index contributed by atoms with van der Waals surface area (Å²) >= 11 is 0. The highest BCUT2D eigenvalue weighted by Crippen LogP contribution is 2.02. The van der Waals surface area contributed by atoms with E-state index in [0.29, 0.717) is 159 Å². The molecule has 0 spiro atoms. The predicted octanol–water partition coefficient (Wildman–Crippen LogP) is 1.04. The fourth-order valence-corrected chi connectivity index (χ4v) is 4.33. The number of hydrogen-bond donors (Lipinski definition) is 1. The molecule has 0 unspecified atom stereocenters. The number of hydrogen-bond acceptors (Lipinski definition) is 16. The second kappa shape index (κ2) is 37.5. The largest absolute Gasteiger partial charge is 0.445 e. The van der Waals surface area contributed by atoms with E-state index in [0.717, 1.165) is 10.5 Å². The van der Waals surface area contributed by atoms with Crippen LogP contribution in [0.25, 0.3) is 0 Å². The SMILES string of the molecule is O=C(NCCOCCOCCOCCOCCOCCOCCOCCOCCOCCOCCOCCOCCN1C(=O)C=CC1=O)OCc1ccccc1. The van der Waals surface area contributed by atoms with Crippen LogP contribution in [0.2, 0.25) is 0 Å². The number of ether oxygens (including phenoxy) is 13. The molecule has 0 saturated heterocycles. The molecule has 0 bridgehead atoms. The fourth-order valence-electron chi connectivity index (χ4n) is 4.33. The third-order valence-electron chi connectivity index (χ3n) is 7.18. The first kappa shape index (κ1) is 49.0. The van der Waals surface area contributed by atoms with E-state index in [1.54, 1.807) is 0 Å². The first-order valence-corrected chi connectivity index (χ1v) is 19.1. The third-order valence-corrected chi connectivity index (χ3v) is 7.18. The van der Waals surface area contributed by atoms with Crippen LogP contribution in [-0.2, 0) is 77.8 Å². The van der Waals surface area contributed by atoms with Crippen molar-refractivity contribution in [3.05, 3.63) is 48.0 Å². The van der Waals surface area contributed by atoms with Gasteiger partial charge >= 0.3 is 6.09 Å². The molecule has 18 nitrogen and oxygen atoms in total. The molecule has 0 saturated carbocycles. The number of carbonyl (C=O) groups excluding carboxylic acids is 3. The van der Waals surface area contributed by atoms with Crippen molar-refractivity contribution in [3.63, 3.8) is 0 Å². The maximum Gasteiger partial charge on any atom is 0.407 e. The molecule has 0 atom stereocenters. The van der Waals surface area contributed by atoms with Crippen molar-refractivity contribution >= 4 is 17.9 Å². The first-order chi connectivity index (χ1) is 27.7. The van der Waals surface area contributed by atoms with Gasteiger partial charge in [-0.25, -0.2) is 4.79 Å². The number of nitrogens with one attached hydrogen (secondary N) is 1. The van der Waals surface area contributed by atoms with E-state index in [-0.39, 0.29) is 31.6 Å². The van der Waals surface area contributed by atoms with Crippen molar-refractivity contribution in [2.45, 2.75) is 6.61 Å². The number of rotatable bonds is 41. The zero-order chi connectivity index (χ0) is 39.8. The molecule has 0 fully saturated rings. The van der Waals surface area contributed by atoms with Crippen LogP contribution in [0.1, 0.15) is 5.56 Å². The molecule has 2 rings (SSSR count). The van der Waals surface area contributed by atoms with Crippen LogP contribution in [0.5, 0.6) is 0 Å². The Morgan fingerprint density at radius 3 is 1.07 bits per heavy atom. The summed E-state index contributed by atoms with van der Waals surface area (Å²) in [5.41, 5.74) is 0.932. The number of amides is 3. The van der Waals surface area contributed by atoms with Crippen LogP contribution in [0.4, 0.5) is 4.79 Å². The normalized spacial score (nSPS) is 12.6. The molecule has 1 aliphatic rings. The second-order valence-corrected chi connectivity index (χ2v) is 11.5. The highest BCUT2D eigenvalue weighted by Gasteiger charge is 2.22. The van der Waals surface area contributed by atoms with Gasteiger partial charge in [0.25, 0.3) is 11.8 Å². The molecular weight excluding hydrogens is 740 g/mol. The number of nitrogens with zero attached hydrogens (tertiary/aromatic N) is 1. The second-order valence-electron chi connectivity index (χ2n) is 11.5. The number of alkyl carbamates (subject to hydrolysis) is 1. The van der Waals surface area contributed by atoms with Gasteiger partial charge in [0.05, 0.1) is 165 Å². The summed E-state index contributed by atoms with van der Waals surface area (Å²) < 4.78 is 70.6. The monoisotopic (exact) mass is 802 g/mol. The van der Waals surface area contributed by atoms with Gasteiger partial charge in [-0.2, -0.15) is 0 Å². The van der Waals surface area contributed by atoms with Gasteiger partial charge in [-0.1, -0.05) is 30.3 Å². The minimum absolute atomic E-state index is 0.231. The van der Waals surface area contributed by atoms with Gasteiger partial charge in [0.15, 0.2) is 0 Å². The van der Waals surface area contributed by atoms with Crippen LogP contribution in [-0.4, -0.2) is 194 Å². The van der Waals surface area contributed by atoms with Crippen molar-refractivity contribution in [1.82, 2.24) is 10.2 Å². The van der Waals surface area contributed by atoms with Crippen LogP contribution in [0, 0.1) is 0 Å². The third kappa shape index (κ3) is 30.1. The zero-order valence-electron chi connectivity index (χ0n) is 32.6. The van der Waals surface area contributed by atoms with Crippen LogP contribution in [0.15, 0.2) is 42.5 Å². The molecule has 0 radical (unpaired) electrons. The molecule has 1 aliphatic heterocycles. The Morgan fingerprint density at radius 2 is 0.732 bits per heavy atom. The van der Waals surface area contributed by atoms with Crippen LogP contribution < -0.4 is 5.32 Å². The van der Waals surface area contributed by atoms with Gasteiger partial charge in [-0.15, -0.1) is 0 Å². The molecule has 18 heteroatoms. The Kier molecular flexibility index (Phi) is 32.8. The number of carbonyl (C=O) groups is 3. The Labute approximate surface area is 330 Å². The lowest BCUT2D eigenvalue weighted by molar-refractivity contribution is -0.137. The Morgan fingerprint density at radius 1 is 0.429 bits per heavy atom. The summed E-state index contributed by atoms with van der Waals surface area (Å²) in [4.78, 5) is 35.6. The average Bonchev–Trinajstić information content (AvgIpc) is 3.53. The summed E-state index contributed by atoms with van der Waals surface area (Å²) in [6, 6.07) is 9.49. The molecule has 1 aromatic carbocycles. The minimum atomic E-state index is -0.475. The Hall–Kier alpha value is -3.11. The number of imide groups is 1. The van der Waals surface area contributed by atoms with Gasteiger partial charge in [-0.3, -0.25) is 14.5 Å². The lowest BCUT2D eigenvalue weighted by Crippen LogP contribution is -2.33. The maximum absolute atomic E-state index is 11.7. The molecule has 320 valence electrons. The summed E-state index contributed by atoms with van der Waals surface area (Å²) in [6.07, 6.45) is 2.03. The standard InChI is InChI=1S/C38H62N2O16/c41-36-6-7-37(42)40(36)9-11-45-13-15-47-17-19-49-21-23-51-25-27-53-29-31-55-33-32-54-30-28-52-26-24-50-22-20-48-18-16-46-14-12-44-10-8-39-38(43)56-34-35-4-2-1-3-5-35/h1-7H,8-34H2,(H,39,43). The summed E-state index contributed by atoms with van der Waals surface area (Å²) in [5.74, 6) is -0.622. The van der Waals surface area contributed by atoms with Crippen molar-refractivity contribution < 1.29 is 76.0 Å². The molecule has 1 N–H and O–H groups in total. The molecule has 3 amide bonds. The van der Waals surface area contributed by atoms with Gasteiger partial charge in [-0.05, 0) is 5.56 Å². The molecule has 0 aromatic heterocycles. The molecule has 1 heterocycles. The maximum atomic E-state index is 11.7. The van der Waals surface area contributed by atoms with Crippen LogP contribution in [0.3, 0.4) is 0 Å². The van der Waals surface area contributed by atoms with E-state index in [1.165, 1.54) is 12.2 Å². The van der Waals surface area contributed by atoms with Gasteiger partial charge in [0.2, 0.25) is 0 Å². The Balaban J connectivity index is 1.13. The van der Waals surface area contributed by atoms with Crippen molar-refractivity contribution in [3.8, 4) is 0 Å². The average molecular weight is 803 g/mol. The van der Waals surface area contributed by atoms with E-state index in [4.69, 9.17) is 61.6 Å². The van der Waals surface area contributed by atoms with Crippen molar-refractivity contribution in [2.75, 3.05) is 172 Å². The summed E-state index contributed by atoms with van der Waals surface area (Å²) in [7, 11) is 0. The van der Waals surface area contributed by atoms with Gasteiger partial charge < -0.3 is 66.9 Å². The van der Waals surface area contributed by atoms with E-state index in [2.05, 4.69) is 5.32 Å². The topological polar surface area (TPSA) is 186 Å². The summed E-state index contributed by atoms with van der Waals surface area (Å²) in [6.45, 7) is 11.5. The quantitative estimate of drug-likeness (QED) is 0.0731. The highest BCUT2D eigenvalue weighted by molar-refractivity contribution is 6.12. The first-order valence-electron chi connectivity index (χ1n) is 19.1. The van der Waals surface area contributed by atoms with E-state index >= 15 is 0 Å². The highest BCUT2D eigenvalue weighted by atomic mass is 16.6. The van der Waals surface area contributed by atoms with Gasteiger partial charge in [0.1, 0.15) is 6.61 Å². The molecule has 56 heavy (non-hydrogen) atoms. The molecular formula is C38H62N2O16. The molecule has 0 aliphatic carbocycles. The van der Waals surface area contributed by atoms with Crippen molar-refractivity contribution in [1.29, 1.82) is 0 Å². The Bertz CT molecular complexity index is 1100. The number of benzene rings is 1.